The smallest absolute Gasteiger partial charge is 0.320 e. The molecule has 0 amide bonds. The second-order valence-electron chi connectivity index (χ2n) is 12.4. The van der Waals surface area contributed by atoms with Crippen LogP contribution in [0.3, 0.4) is 0 Å². The molecule has 0 saturated carbocycles. The Balaban J connectivity index is 0. The van der Waals surface area contributed by atoms with Crippen molar-refractivity contribution in [2.24, 2.45) is 5.92 Å². The summed E-state index contributed by atoms with van der Waals surface area (Å²) in [7, 11) is 0. The topological polar surface area (TPSA) is 223 Å². The van der Waals surface area contributed by atoms with Crippen LogP contribution < -0.4 is 0 Å². The minimum absolute atomic E-state index is 0. The molecule has 1 unspecified atom stereocenters. The molecule has 1 saturated heterocycles. The molecule has 48 heavy (non-hydrogen) atoms. The number of nitrogens with one attached hydrogen (secondary N) is 1. The molecule has 0 aliphatic carbocycles. The SMILES string of the molecule is CC(C)C(=O)CCCCCCCCCCO.[NH-]CCC(C(=O)O)N1CCN(CC(=O)O)CCN(CC(=O)O)CCN(CC(=O)O)CC1.[W]. The molecule has 0 spiro atoms. The van der Waals surface area contributed by atoms with Gasteiger partial charge in [-0.05, 0) is 19.3 Å². The number of unbranched alkanes of at least 4 members (excludes halogenated alkanes) is 7. The maximum absolute atomic E-state index is 11.7. The number of aliphatic hydroxyl groups excluding tert-OH is 1. The van der Waals surface area contributed by atoms with E-state index in [0.717, 1.165) is 25.7 Å². The van der Waals surface area contributed by atoms with Gasteiger partial charge in [-0.2, -0.15) is 0 Å². The van der Waals surface area contributed by atoms with Crippen LogP contribution in [0.15, 0.2) is 0 Å². The van der Waals surface area contributed by atoms with E-state index >= 15 is 0 Å². The predicted octanol–water partition coefficient (Wildman–Crippen LogP) is 2.07. The van der Waals surface area contributed by atoms with E-state index < -0.39 is 29.9 Å². The van der Waals surface area contributed by atoms with E-state index in [2.05, 4.69) is 0 Å². The first-order valence-electron chi connectivity index (χ1n) is 16.9. The number of carboxylic acids is 4. The van der Waals surface area contributed by atoms with Crippen LogP contribution in [-0.2, 0) is 45.0 Å². The van der Waals surface area contributed by atoms with Crippen LogP contribution in [0.1, 0.15) is 78.1 Å². The van der Waals surface area contributed by atoms with Gasteiger partial charge in [0.15, 0.2) is 0 Å². The molecule has 280 valence electrons. The molecule has 1 aliphatic heterocycles. The second-order valence-corrected chi connectivity index (χ2v) is 12.4. The average Bonchev–Trinajstić information content (AvgIpc) is 2.98. The standard InChI is InChI=1S/C18H32N5O8.C14H28O2.W/c19-2-1-14(18(30)31)23-9-7-21(12-16(26)27)5-3-20(11-15(24)25)4-6-22(8-10-23)13-17(28)29;1-13(2)14(16)11-9-7-5-3-4-6-8-10-12-15;/h14,19H,1-13H2,(H,24,25)(H,26,27)(H,28,29)(H,30,31);13,15H,3-12H2,1-2H3;/q-1;;. The number of aliphatic carboxylic acids is 4. The van der Waals surface area contributed by atoms with Crippen molar-refractivity contribution < 1.29 is 70.6 Å². The number of Topliss-reactive ketones (excluding diaryl/α,β-unsaturated/α-hetero) is 1. The van der Waals surface area contributed by atoms with Gasteiger partial charge in [0.25, 0.3) is 0 Å². The fraction of sp³-hybridized carbons (Fsp3) is 0.844. The van der Waals surface area contributed by atoms with Crippen molar-refractivity contribution >= 4 is 29.7 Å². The Bertz CT molecular complexity index is 883. The molecule has 0 aromatic carbocycles. The Morgan fingerprint density at radius 2 is 0.958 bits per heavy atom. The molecule has 0 aromatic rings. The number of nitrogens with zero attached hydrogens (tertiary/aromatic N) is 4. The van der Waals surface area contributed by atoms with Crippen molar-refractivity contribution in [1.82, 2.24) is 19.6 Å². The number of hydrogen-bond donors (Lipinski definition) is 5. The minimum atomic E-state index is -1.08. The summed E-state index contributed by atoms with van der Waals surface area (Å²) in [5, 5.41) is 45.7. The third kappa shape index (κ3) is 25.9. The molecule has 1 fully saturated rings. The monoisotopic (exact) mass is 858 g/mol. The predicted molar refractivity (Wildman–Crippen MR) is 178 cm³/mol. The Morgan fingerprint density at radius 1 is 0.604 bits per heavy atom. The summed E-state index contributed by atoms with van der Waals surface area (Å²) in [6.45, 7) is 5.43. The molecule has 1 rings (SSSR count). The molecule has 0 bridgehead atoms. The van der Waals surface area contributed by atoms with Gasteiger partial charge in [-0.25, -0.2) is 0 Å². The van der Waals surface area contributed by atoms with E-state index in [0.29, 0.717) is 12.4 Å². The summed E-state index contributed by atoms with van der Waals surface area (Å²) in [6, 6.07) is -0.928. The van der Waals surface area contributed by atoms with E-state index in [1.54, 1.807) is 19.6 Å². The summed E-state index contributed by atoms with van der Waals surface area (Å²) in [6.07, 6.45) is 10.3. The van der Waals surface area contributed by atoms with Crippen LogP contribution in [-0.4, -0.2) is 166 Å². The van der Waals surface area contributed by atoms with Crippen LogP contribution >= 0.6 is 0 Å². The van der Waals surface area contributed by atoms with Gasteiger partial charge in [-0.1, -0.05) is 52.4 Å². The average molecular weight is 859 g/mol. The van der Waals surface area contributed by atoms with Gasteiger partial charge < -0.3 is 31.3 Å². The molecule has 0 aromatic heterocycles. The number of carboxylic acid groups (broad SMARTS) is 4. The van der Waals surface area contributed by atoms with E-state index in [1.807, 2.05) is 13.8 Å². The number of hydrogen-bond acceptors (Lipinski definition) is 10. The third-order valence-electron chi connectivity index (χ3n) is 8.07. The first kappa shape index (κ1) is 48.1. The number of ketones is 1. The van der Waals surface area contributed by atoms with Crippen molar-refractivity contribution in [3.8, 4) is 0 Å². The zero-order valence-electron chi connectivity index (χ0n) is 28.9. The number of aliphatic hydroxyl groups is 1. The van der Waals surface area contributed by atoms with Crippen LogP contribution in [0.25, 0.3) is 5.73 Å². The van der Waals surface area contributed by atoms with E-state index in [9.17, 15) is 39.3 Å². The minimum Gasteiger partial charge on any atom is -0.677 e. The van der Waals surface area contributed by atoms with Gasteiger partial charge in [0.2, 0.25) is 0 Å². The number of carbonyl (C=O) groups is 5. The van der Waals surface area contributed by atoms with Crippen molar-refractivity contribution in [2.45, 2.75) is 84.1 Å². The van der Waals surface area contributed by atoms with Crippen molar-refractivity contribution in [1.29, 1.82) is 0 Å². The largest absolute Gasteiger partial charge is 0.677 e. The maximum atomic E-state index is 11.7. The quantitative estimate of drug-likeness (QED) is 0.104. The maximum Gasteiger partial charge on any atom is 0.320 e. The van der Waals surface area contributed by atoms with Crippen molar-refractivity contribution in [3.63, 3.8) is 0 Å². The summed E-state index contributed by atoms with van der Waals surface area (Å²) < 4.78 is 0. The summed E-state index contributed by atoms with van der Waals surface area (Å²) >= 11 is 0. The van der Waals surface area contributed by atoms with Gasteiger partial charge in [0.05, 0.1) is 19.6 Å². The molecular weight excluding hydrogens is 798 g/mol. The second kappa shape index (κ2) is 29.9. The van der Waals surface area contributed by atoms with Gasteiger partial charge in [0, 0.05) is 92.4 Å². The zero-order chi connectivity index (χ0) is 35.6. The molecule has 1 atom stereocenters. The fourth-order valence-corrected chi connectivity index (χ4v) is 5.27. The Hall–Kier alpha value is -2.00. The van der Waals surface area contributed by atoms with Gasteiger partial charge in [-0.3, -0.25) is 43.6 Å². The Labute approximate surface area is 300 Å². The zero-order valence-corrected chi connectivity index (χ0v) is 31.8. The molecule has 16 heteroatoms. The van der Waals surface area contributed by atoms with Crippen molar-refractivity contribution in [2.75, 3.05) is 85.1 Å². The Kier molecular flexibility index (Phi) is 29.9. The summed E-state index contributed by atoms with van der Waals surface area (Å²) in [4.78, 5) is 63.2. The molecular formula is C32H60N5O10W-. The van der Waals surface area contributed by atoms with E-state index in [1.165, 1.54) is 32.1 Å². The normalized spacial score (nSPS) is 16.4. The van der Waals surface area contributed by atoms with Crippen LogP contribution in [0, 0.1) is 5.92 Å². The van der Waals surface area contributed by atoms with Crippen molar-refractivity contribution in [3.05, 3.63) is 5.73 Å². The molecule has 6 N–H and O–H groups in total. The fourth-order valence-electron chi connectivity index (χ4n) is 5.27. The third-order valence-corrected chi connectivity index (χ3v) is 8.07. The molecule has 15 nitrogen and oxygen atoms in total. The van der Waals surface area contributed by atoms with E-state index in [4.69, 9.17) is 15.9 Å². The molecule has 0 radical (unpaired) electrons. The van der Waals surface area contributed by atoms with Crippen LogP contribution in [0.2, 0.25) is 0 Å². The first-order chi connectivity index (χ1) is 22.3. The number of rotatable bonds is 21. The van der Waals surface area contributed by atoms with Crippen LogP contribution in [0.5, 0.6) is 0 Å². The first-order valence-corrected chi connectivity index (χ1v) is 16.9. The van der Waals surface area contributed by atoms with Gasteiger partial charge in [0.1, 0.15) is 11.8 Å². The Morgan fingerprint density at radius 3 is 1.27 bits per heavy atom. The summed E-state index contributed by atoms with van der Waals surface area (Å²) in [5.41, 5.74) is 7.41. The summed E-state index contributed by atoms with van der Waals surface area (Å²) in [5.74, 6) is -3.59. The van der Waals surface area contributed by atoms with Gasteiger partial charge in [-0.15, -0.1) is 6.54 Å². The molecule has 1 aliphatic rings. The van der Waals surface area contributed by atoms with E-state index in [-0.39, 0.29) is 112 Å². The number of carbonyl (C=O) groups excluding carboxylic acids is 1. The molecule has 1 heterocycles. The van der Waals surface area contributed by atoms with Crippen LogP contribution in [0.4, 0.5) is 0 Å². The van der Waals surface area contributed by atoms with Gasteiger partial charge >= 0.3 is 23.9 Å².